The fourth-order valence-electron chi connectivity index (χ4n) is 3.83. The van der Waals surface area contributed by atoms with Crippen LogP contribution in [0.3, 0.4) is 0 Å². The van der Waals surface area contributed by atoms with Gasteiger partial charge in [0.25, 0.3) is 0 Å². The minimum Gasteiger partial charge on any atom is -0.356 e. The van der Waals surface area contributed by atoms with E-state index in [1.807, 2.05) is 13.2 Å². The van der Waals surface area contributed by atoms with E-state index in [9.17, 15) is 0 Å². The predicted molar refractivity (Wildman–Crippen MR) is 134 cm³/mol. The lowest BCUT2D eigenvalue weighted by molar-refractivity contribution is 0.238. The van der Waals surface area contributed by atoms with Gasteiger partial charge in [-0.1, -0.05) is 30.3 Å². The van der Waals surface area contributed by atoms with Crippen molar-refractivity contribution in [3.05, 3.63) is 59.8 Å². The lowest BCUT2D eigenvalue weighted by atomic mass is 10.1. The largest absolute Gasteiger partial charge is 0.356 e. The van der Waals surface area contributed by atoms with Crippen molar-refractivity contribution in [3.63, 3.8) is 0 Å². The SMILES string of the molecule is CN=C(NCCC(C)N(C)Cc1ccccc1)NCc1ccnc(N2CCN(C)CC2)c1. The van der Waals surface area contributed by atoms with Gasteiger partial charge in [-0.2, -0.15) is 0 Å². The Morgan fingerprint density at radius 2 is 1.84 bits per heavy atom. The smallest absolute Gasteiger partial charge is 0.191 e. The second-order valence-electron chi connectivity index (χ2n) is 8.70. The Labute approximate surface area is 193 Å². The first-order valence-electron chi connectivity index (χ1n) is 11.6. The number of likely N-dealkylation sites (N-methyl/N-ethyl adjacent to an activating group) is 1. The van der Waals surface area contributed by atoms with E-state index < -0.39 is 0 Å². The number of aliphatic imine (C=N–C) groups is 1. The molecule has 2 aromatic rings. The minimum atomic E-state index is 0.479. The highest BCUT2D eigenvalue weighted by Gasteiger charge is 2.15. The fraction of sp³-hybridized carbons (Fsp3) is 0.520. The molecule has 3 rings (SSSR count). The number of nitrogens with one attached hydrogen (secondary N) is 2. The molecule has 0 saturated carbocycles. The van der Waals surface area contributed by atoms with Gasteiger partial charge in [-0.3, -0.25) is 9.89 Å². The molecule has 1 fully saturated rings. The van der Waals surface area contributed by atoms with Crippen molar-refractivity contribution in [2.45, 2.75) is 32.5 Å². The van der Waals surface area contributed by atoms with Crippen molar-refractivity contribution in [2.24, 2.45) is 4.99 Å². The van der Waals surface area contributed by atoms with Gasteiger partial charge in [0.15, 0.2) is 5.96 Å². The van der Waals surface area contributed by atoms with Gasteiger partial charge in [0.1, 0.15) is 5.82 Å². The van der Waals surface area contributed by atoms with Gasteiger partial charge in [-0.15, -0.1) is 0 Å². The summed E-state index contributed by atoms with van der Waals surface area (Å²) >= 11 is 0. The van der Waals surface area contributed by atoms with Crippen LogP contribution in [0.1, 0.15) is 24.5 Å². The van der Waals surface area contributed by atoms with Crippen molar-refractivity contribution in [1.29, 1.82) is 0 Å². The van der Waals surface area contributed by atoms with Crippen LogP contribution in [0.5, 0.6) is 0 Å². The standard InChI is InChI=1S/C25H39N7/c1-21(31(4)20-22-8-6-5-7-9-22)10-12-28-25(26-2)29-19-23-11-13-27-24(18-23)32-16-14-30(3)15-17-32/h5-9,11,13,18,21H,10,12,14-17,19-20H2,1-4H3,(H2,26,28,29). The summed E-state index contributed by atoms with van der Waals surface area (Å²) in [4.78, 5) is 16.1. The Hall–Kier alpha value is -2.64. The highest BCUT2D eigenvalue weighted by molar-refractivity contribution is 5.79. The second kappa shape index (κ2) is 12.4. The molecule has 1 aromatic carbocycles. The van der Waals surface area contributed by atoms with Crippen LogP contribution in [0.25, 0.3) is 0 Å². The van der Waals surface area contributed by atoms with Gasteiger partial charge in [-0.05, 0) is 50.7 Å². The first kappa shape index (κ1) is 24.0. The van der Waals surface area contributed by atoms with Crippen LogP contribution in [0, 0.1) is 0 Å². The van der Waals surface area contributed by atoms with E-state index in [-0.39, 0.29) is 0 Å². The number of benzene rings is 1. The number of piperazine rings is 1. The quantitative estimate of drug-likeness (QED) is 0.464. The van der Waals surface area contributed by atoms with Gasteiger partial charge in [0, 0.05) is 65.1 Å². The Morgan fingerprint density at radius 3 is 2.56 bits per heavy atom. The Bertz CT molecular complexity index is 831. The molecule has 0 spiro atoms. The summed E-state index contributed by atoms with van der Waals surface area (Å²) in [5.41, 5.74) is 2.56. The van der Waals surface area contributed by atoms with Crippen LogP contribution < -0.4 is 15.5 Å². The molecule has 1 atom stereocenters. The van der Waals surface area contributed by atoms with E-state index in [0.717, 1.165) is 64.0 Å². The van der Waals surface area contributed by atoms with Crippen LogP contribution >= 0.6 is 0 Å². The molecule has 1 unspecified atom stereocenters. The normalized spacial score (nSPS) is 16.3. The van der Waals surface area contributed by atoms with Crippen LogP contribution in [-0.4, -0.2) is 80.7 Å². The zero-order valence-corrected chi connectivity index (χ0v) is 20.1. The number of guanidine groups is 1. The molecule has 2 heterocycles. The van der Waals surface area contributed by atoms with Crippen LogP contribution in [0.4, 0.5) is 5.82 Å². The molecule has 1 aromatic heterocycles. The van der Waals surface area contributed by atoms with E-state index in [4.69, 9.17) is 0 Å². The van der Waals surface area contributed by atoms with Crippen LogP contribution in [0.15, 0.2) is 53.7 Å². The minimum absolute atomic E-state index is 0.479. The highest BCUT2D eigenvalue weighted by Crippen LogP contribution is 2.14. The molecule has 0 aliphatic carbocycles. The predicted octanol–water partition coefficient (Wildman–Crippen LogP) is 2.41. The van der Waals surface area contributed by atoms with Crippen molar-refractivity contribution in [2.75, 3.05) is 58.8 Å². The first-order valence-corrected chi connectivity index (χ1v) is 11.6. The maximum atomic E-state index is 4.58. The average molecular weight is 438 g/mol. The van der Waals surface area contributed by atoms with E-state index >= 15 is 0 Å². The zero-order chi connectivity index (χ0) is 22.8. The summed E-state index contributed by atoms with van der Waals surface area (Å²) in [6.45, 7) is 9.07. The van der Waals surface area contributed by atoms with Crippen molar-refractivity contribution >= 4 is 11.8 Å². The van der Waals surface area contributed by atoms with Gasteiger partial charge >= 0.3 is 0 Å². The molecule has 0 radical (unpaired) electrons. The summed E-state index contributed by atoms with van der Waals surface area (Å²) in [7, 11) is 6.18. The summed E-state index contributed by atoms with van der Waals surface area (Å²) in [6.07, 6.45) is 2.96. The Kier molecular flexibility index (Phi) is 9.31. The average Bonchev–Trinajstić information content (AvgIpc) is 2.82. The molecule has 7 heteroatoms. The fourth-order valence-corrected chi connectivity index (χ4v) is 3.83. The third kappa shape index (κ3) is 7.50. The first-order chi connectivity index (χ1) is 15.5. The molecular formula is C25H39N7. The molecule has 174 valence electrons. The number of rotatable bonds is 9. The van der Waals surface area contributed by atoms with E-state index in [1.165, 1.54) is 11.1 Å². The maximum absolute atomic E-state index is 4.58. The molecule has 1 aliphatic rings. The van der Waals surface area contributed by atoms with E-state index in [2.05, 4.69) is 98.8 Å². The summed E-state index contributed by atoms with van der Waals surface area (Å²) < 4.78 is 0. The number of hydrogen-bond acceptors (Lipinski definition) is 5. The van der Waals surface area contributed by atoms with Crippen molar-refractivity contribution in [3.8, 4) is 0 Å². The lowest BCUT2D eigenvalue weighted by Crippen LogP contribution is -2.44. The molecule has 1 aliphatic heterocycles. The van der Waals surface area contributed by atoms with E-state index in [1.54, 1.807) is 0 Å². The number of aromatic nitrogens is 1. The second-order valence-corrected chi connectivity index (χ2v) is 8.70. The monoisotopic (exact) mass is 437 g/mol. The van der Waals surface area contributed by atoms with Crippen LogP contribution in [0.2, 0.25) is 0 Å². The van der Waals surface area contributed by atoms with Gasteiger partial charge in [0.05, 0.1) is 0 Å². The summed E-state index contributed by atoms with van der Waals surface area (Å²) in [5, 5.41) is 6.89. The van der Waals surface area contributed by atoms with Crippen molar-refractivity contribution in [1.82, 2.24) is 25.4 Å². The summed E-state index contributed by atoms with van der Waals surface area (Å²) in [6, 6.07) is 15.4. The summed E-state index contributed by atoms with van der Waals surface area (Å²) in [5.74, 6) is 1.90. The van der Waals surface area contributed by atoms with E-state index in [0.29, 0.717) is 6.04 Å². The third-order valence-electron chi connectivity index (χ3n) is 6.20. The molecular weight excluding hydrogens is 398 g/mol. The number of pyridine rings is 1. The molecule has 2 N–H and O–H groups in total. The zero-order valence-electron chi connectivity index (χ0n) is 20.1. The maximum Gasteiger partial charge on any atom is 0.191 e. The third-order valence-corrected chi connectivity index (χ3v) is 6.20. The molecule has 0 bridgehead atoms. The molecule has 7 nitrogen and oxygen atoms in total. The van der Waals surface area contributed by atoms with Crippen molar-refractivity contribution < 1.29 is 0 Å². The Balaban J connectivity index is 1.40. The van der Waals surface area contributed by atoms with Gasteiger partial charge < -0.3 is 20.4 Å². The van der Waals surface area contributed by atoms with Crippen LogP contribution in [-0.2, 0) is 13.1 Å². The number of anilines is 1. The van der Waals surface area contributed by atoms with Gasteiger partial charge in [-0.25, -0.2) is 4.98 Å². The number of nitrogens with zero attached hydrogens (tertiary/aromatic N) is 5. The molecule has 32 heavy (non-hydrogen) atoms. The Morgan fingerprint density at radius 1 is 1.09 bits per heavy atom. The lowest BCUT2D eigenvalue weighted by Gasteiger charge is -2.33. The van der Waals surface area contributed by atoms with Gasteiger partial charge in [0.2, 0.25) is 0 Å². The molecule has 1 saturated heterocycles. The number of hydrogen-bond donors (Lipinski definition) is 2. The highest BCUT2D eigenvalue weighted by atomic mass is 15.3. The topological polar surface area (TPSA) is 59.0 Å². The molecule has 0 amide bonds.